The number of nitrogen functional groups attached to an aromatic ring is 1. The van der Waals surface area contributed by atoms with Crippen molar-refractivity contribution in [1.29, 1.82) is 0 Å². The minimum atomic E-state index is -3.59. The number of benzene rings is 1. The Morgan fingerprint density at radius 1 is 1.39 bits per heavy atom. The van der Waals surface area contributed by atoms with Crippen molar-refractivity contribution in [1.82, 2.24) is 4.31 Å². The Kier molecular flexibility index (Phi) is 4.38. The summed E-state index contributed by atoms with van der Waals surface area (Å²) in [5.74, 6) is 2.36. The van der Waals surface area contributed by atoms with E-state index in [9.17, 15) is 8.42 Å². The van der Waals surface area contributed by atoms with Gasteiger partial charge in [-0.2, -0.15) is 4.31 Å². The van der Waals surface area contributed by atoms with Crippen LogP contribution in [-0.2, 0) is 10.0 Å². The van der Waals surface area contributed by atoms with Gasteiger partial charge >= 0.3 is 0 Å². The molecule has 0 saturated carbocycles. The van der Waals surface area contributed by atoms with Crippen LogP contribution in [-0.4, -0.2) is 25.8 Å². The van der Waals surface area contributed by atoms with E-state index in [-0.39, 0.29) is 11.4 Å². The van der Waals surface area contributed by atoms with Crippen LogP contribution in [0.3, 0.4) is 0 Å². The Labute approximate surface area is 109 Å². The lowest BCUT2D eigenvalue weighted by atomic mass is 10.1. The Morgan fingerprint density at radius 2 is 2.00 bits per heavy atom. The second kappa shape index (κ2) is 5.42. The topological polar surface area (TPSA) is 63.4 Å². The molecular formula is C13H18N2O2S. The van der Waals surface area contributed by atoms with Gasteiger partial charge in [-0.05, 0) is 31.0 Å². The first-order chi connectivity index (χ1) is 8.36. The highest BCUT2D eigenvalue weighted by Crippen LogP contribution is 2.27. The molecule has 18 heavy (non-hydrogen) atoms. The highest BCUT2D eigenvalue weighted by Gasteiger charge is 2.26. The molecule has 0 amide bonds. The van der Waals surface area contributed by atoms with Crippen molar-refractivity contribution in [2.24, 2.45) is 0 Å². The zero-order valence-corrected chi connectivity index (χ0v) is 11.7. The van der Waals surface area contributed by atoms with Crippen LogP contribution in [0.25, 0.3) is 0 Å². The van der Waals surface area contributed by atoms with Crippen molar-refractivity contribution < 1.29 is 8.42 Å². The molecule has 0 atom stereocenters. The Bertz CT molecular complexity index is 586. The molecule has 0 saturated heterocycles. The molecule has 0 aliphatic heterocycles. The van der Waals surface area contributed by atoms with Gasteiger partial charge < -0.3 is 5.73 Å². The molecule has 1 rings (SSSR count). The molecule has 4 nitrogen and oxygen atoms in total. The summed E-state index contributed by atoms with van der Waals surface area (Å²) in [6.45, 7) is 5.61. The molecule has 0 bridgehead atoms. The van der Waals surface area contributed by atoms with Gasteiger partial charge in [-0.25, -0.2) is 8.42 Å². The average Bonchev–Trinajstić information content (AvgIpc) is 2.30. The van der Waals surface area contributed by atoms with Gasteiger partial charge in [-0.15, -0.1) is 6.42 Å². The fourth-order valence-corrected chi connectivity index (χ4v) is 3.66. The minimum absolute atomic E-state index is 0.0620. The normalized spacial score (nSPS) is 11.5. The summed E-state index contributed by atoms with van der Waals surface area (Å²) in [5, 5.41) is 0. The van der Waals surface area contributed by atoms with Crippen LogP contribution in [0.2, 0.25) is 0 Å². The summed E-state index contributed by atoms with van der Waals surface area (Å²) < 4.78 is 26.3. The first-order valence-corrected chi connectivity index (χ1v) is 7.09. The van der Waals surface area contributed by atoms with Crippen LogP contribution in [0.1, 0.15) is 18.1 Å². The van der Waals surface area contributed by atoms with Crippen LogP contribution in [0.5, 0.6) is 0 Å². The van der Waals surface area contributed by atoms with Crippen LogP contribution >= 0.6 is 0 Å². The number of terminal acetylenes is 1. The predicted molar refractivity (Wildman–Crippen MR) is 73.6 cm³/mol. The maximum Gasteiger partial charge on any atom is 0.244 e. The summed E-state index contributed by atoms with van der Waals surface area (Å²) in [4.78, 5) is 0.264. The number of rotatable bonds is 4. The molecule has 0 aliphatic carbocycles. The first kappa shape index (κ1) is 14.6. The lowest BCUT2D eigenvalue weighted by Gasteiger charge is -2.21. The zero-order valence-electron chi connectivity index (χ0n) is 10.9. The molecule has 5 heteroatoms. The number of hydrogen-bond acceptors (Lipinski definition) is 3. The minimum Gasteiger partial charge on any atom is -0.398 e. The van der Waals surface area contributed by atoms with Gasteiger partial charge in [0.2, 0.25) is 10.0 Å². The maximum absolute atomic E-state index is 12.5. The van der Waals surface area contributed by atoms with E-state index in [0.29, 0.717) is 23.4 Å². The molecule has 0 aromatic heterocycles. The van der Waals surface area contributed by atoms with Crippen molar-refractivity contribution in [2.75, 3.05) is 18.8 Å². The summed E-state index contributed by atoms with van der Waals surface area (Å²) in [6, 6.07) is 3.42. The molecule has 0 heterocycles. The van der Waals surface area contributed by atoms with Crippen molar-refractivity contribution >= 4 is 15.7 Å². The summed E-state index contributed by atoms with van der Waals surface area (Å²) in [7, 11) is -3.59. The number of aryl methyl sites for hydroxylation is 1. The highest BCUT2D eigenvalue weighted by molar-refractivity contribution is 7.89. The fourth-order valence-electron chi connectivity index (χ4n) is 1.84. The van der Waals surface area contributed by atoms with Crippen LogP contribution in [0.4, 0.5) is 5.69 Å². The number of nitrogens with two attached hydrogens (primary N) is 1. The van der Waals surface area contributed by atoms with Gasteiger partial charge in [0.1, 0.15) is 0 Å². The monoisotopic (exact) mass is 266 g/mol. The van der Waals surface area contributed by atoms with E-state index in [1.165, 1.54) is 4.31 Å². The number of nitrogens with zero attached hydrogens (tertiary/aromatic N) is 1. The van der Waals surface area contributed by atoms with Gasteiger partial charge in [-0.1, -0.05) is 18.9 Å². The third kappa shape index (κ3) is 2.50. The number of anilines is 1. The van der Waals surface area contributed by atoms with Gasteiger partial charge in [0.15, 0.2) is 0 Å². The van der Waals surface area contributed by atoms with Gasteiger partial charge in [-0.3, -0.25) is 0 Å². The Balaban J connectivity index is 3.46. The molecule has 1 aromatic carbocycles. The molecule has 1 aromatic rings. The third-order valence-corrected chi connectivity index (χ3v) is 5.07. The van der Waals surface area contributed by atoms with Crippen molar-refractivity contribution in [3.8, 4) is 12.3 Å². The molecular weight excluding hydrogens is 248 g/mol. The standard InChI is InChI=1S/C13H18N2O2S/c1-5-9-15(6-2)18(16,17)13-10(3)7-8-12(14)11(13)4/h1,7-8H,6,9,14H2,2-4H3. The molecule has 2 N–H and O–H groups in total. The number of hydrogen-bond donors (Lipinski definition) is 1. The molecule has 0 fully saturated rings. The SMILES string of the molecule is C#CCN(CC)S(=O)(=O)c1c(C)ccc(N)c1C. The Hall–Kier alpha value is -1.51. The zero-order chi connectivity index (χ0) is 13.9. The third-order valence-electron chi connectivity index (χ3n) is 2.86. The first-order valence-electron chi connectivity index (χ1n) is 5.65. The second-order valence-electron chi connectivity index (χ2n) is 4.06. The molecule has 0 aliphatic rings. The lowest BCUT2D eigenvalue weighted by molar-refractivity contribution is 0.463. The van der Waals surface area contributed by atoms with E-state index < -0.39 is 10.0 Å². The molecule has 0 unspecified atom stereocenters. The van der Waals surface area contributed by atoms with Crippen molar-refractivity contribution in [3.63, 3.8) is 0 Å². The molecule has 0 radical (unpaired) electrons. The average molecular weight is 266 g/mol. The van der Waals surface area contributed by atoms with E-state index in [1.54, 1.807) is 32.9 Å². The van der Waals surface area contributed by atoms with Crippen LogP contribution in [0.15, 0.2) is 17.0 Å². The van der Waals surface area contributed by atoms with Gasteiger partial charge in [0.05, 0.1) is 11.4 Å². The lowest BCUT2D eigenvalue weighted by Crippen LogP contribution is -2.32. The molecule has 0 spiro atoms. The van der Waals surface area contributed by atoms with Gasteiger partial charge in [0.25, 0.3) is 0 Å². The van der Waals surface area contributed by atoms with Crippen LogP contribution < -0.4 is 5.73 Å². The predicted octanol–water partition coefficient (Wildman–Crippen LogP) is 1.53. The second-order valence-corrected chi connectivity index (χ2v) is 5.94. The van der Waals surface area contributed by atoms with E-state index in [4.69, 9.17) is 12.2 Å². The largest absolute Gasteiger partial charge is 0.398 e. The number of sulfonamides is 1. The summed E-state index contributed by atoms with van der Waals surface area (Å²) in [6.07, 6.45) is 5.20. The maximum atomic E-state index is 12.5. The molecule has 98 valence electrons. The Morgan fingerprint density at radius 3 is 2.50 bits per heavy atom. The summed E-state index contributed by atoms with van der Waals surface area (Å²) >= 11 is 0. The van der Waals surface area contributed by atoms with E-state index >= 15 is 0 Å². The van der Waals surface area contributed by atoms with E-state index in [0.717, 1.165) is 0 Å². The fraction of sp³-hybridized carbons (Fsp3) is 0.385. The van der Waals surface area contributed by atoms with E-state index in [1.807, 2.05) is 0 Å². The van der Waals surface area contributed by atoms with Gasteiger partial charge in [0, 0.05) is 12.2 Å². The van der Waals surface area contributed by atoms with Crippen molar-refractivity contribution in [3.05, 3.63) is 23.3 Å². The van der Waals surface area contributed by atoms with Crippen molar-refractivity contribution in [2.45, 2.75) is 25.7 Å². The quantitative estimate of drug-likeness (QED) is 0.664. The highest BCUT2D eigenvalue weighted by atomic mass is 32.2. The van der Waals surface area contributed by atoms with E-state index in [2.05, 4.69) is 5.92 Å². The smallest absolute Gasteiger partial charge is 0.244 e. The van der Waals surface area contributed by atoms with Crippen LogP contribution in [0, 0.1) is 26.2 Å². The summed E-state index contributed by atoms with van der Waals surface area (Å²) in [5.41, 5.74) is 7.50.